The molecule has 2 atom stereocenters. The van der Waals surface area contributed by atoms with Crippen LogP contribution in [0.1, 0.15) is 32.6 Å². The predicted octanol–water partition coefficient (Wildman–Crippen LogP) is 3.73. The Balaban J connectivity index is 1.89. The van der Waals surface area contributed by atoms with Gasteiger partial charge >= 0.3 is 0 Å². The molecule has 0 spiro atoms. The molecule has 0 aromatic heterocycles. The Morgan fingerprint density at radius 2 is 1.90 bits per heavy atom. The molecule has 0 saturated carbocycles. The lowest BCUT2D eigenvalue weighted by Gasteiger charge is -2.41. The number of nitrogens with zero attached hydrogens (tertiary/aromatic N) is 1. The highest BCUT2D eigenvalue weighted by Crippen LogP contribution is 2.43. The van der Waals surface area contributed by atoms with Crippen molar-refractivity contribution in [3.05, 3.63) is 28.8 Å². The van der Waals surface area contributed by atoms with Gasteiger partial charge in [0.25, 0.3) is 0 Å². The topological polar surface area (TPSA) is 15.3 Å². The number of nitrogens with one attached hydrogen (secondary N) is 1. The normalized spacial score (nSPS) is 29.0. The van der Waals surface area contributed by atoms with Crippen molar-refractivity contribution in [2.75, 3.05) is 11.4 Å². The van der Waals surface area contributed by atoms with Crippen LogP contribution in [0.3, 0.4) is 0 Å². The van der Waals surface area contributed by atoms with Crippen molar-refractivity contribution in [2.24, 2.45) is 0 Å². The monoisotopic (exact) mass is 300 g/mol. The molecule has 2 heterocycles. The molecule has 20 heavy (non-hydrogen) atoms. The van der Waals surface area contributed by atoms with Crippen LogP contribution in [0.4, 0.5) is 14.5 Å². The molecular weight excluding hydrogens is 282 g/mol. The van der Waals surface area contributed by atoms with Crippen LogP contribution in [0.25, 0.3) is 0 Å². The second-order valence-electron chi connectivity index (χ2n) is 5.74. The zero-order chi connectivity index (χ0) is 14.3. The number of fused-ring (bicyclic) bond motifs is 2. The lowest BCUT2D eigenvalue weighted by Crippen LogP contribution is -2.49. The van der Waals surface area contributed by atoms with E-state index in [2.05, 4.69) is 17.1 Å². The fourth-order valence-corrected chi connectivity index (χ4v) is 4.07. The third-order valence-electron chi connectivity index (χ3n) is 4.47. The number of halogens is 3. The summed E-state index contributed by atoms with van der Waals surface area (Å²) in [4.78, 5) is 2.09. The van der Waals surface area contributed by atoms with Crippen molar-refractivity contribution in [1.82, 2.24) is 5.32 Å². The van der Waals surface area contributed by atoms with Gasteiger partial charge in [-0.2, -0.15) is 0 Å². The maximum Gasteiger partial charge on any atom is 0.150 e. The molecule has 2 fully saturated rings. The highest BCUT2D eigenvalue weighted by atomic mass is 35.5. The Hall–Kier alpha value is -0.870. The van der Waals surface area contributed by atoms with Gasteiger partial charge < -0.3 is 10.2 Å². The summed E-state index contributed by atoms with van der Waals surface area (Å²) in [6.45, 7) is 3.06. The first kappa shape index (κ1) is 14.1. The molecule has 2 saturated heterocycles. The van der Waals surface area contributed by atoms with Gasteiger partial charge in [-0.05, 0) is 38.3 Å². The smallest absolute Gasteiger partial charge is 0.150 e. The van der Waals surface area contributed by atoms with Gasteiger partial charge in [0.2, 0.25) is 0 Å². The van der Waals surface area contributed by atoms with Crippen LogP contribution in [0.15, 0.2) is 12.1 Å². The van der Waals surface area contributed by atoms with Crippen molar-refractivity contribution >= 4 is 17.3 Å². The molecule has 2 nitrogen and oxygen atoms in total. The average molecular weight is 301 g/mol. The largest absolute Gasteiger partial charge is 0.362 e. The molecular formula is C15H19ClF2N2. The fraction of sp³-hybridized carbons (Fsp3) is 0.600. The van der Waals surface area contributed by atoms with E-state index in [1.165, 1.54) is 6.07 Å². The quantitative estimate of drug-likeness (QED) is 0.915. The summed E-state index contributed by atoms with van der Waals surface area (Å²) >= 11 is 6.09. The van der Waals surface area contributed by atoms with Crippen LogP contribution in [0.5, 0.6) is 0 Å². The molecule has 0 radical (unpaired) electrons. The van der Waals surface area contributed by atoms with Crippen LogP contribution in [0, 0.1) is 11.6 Å². The minimum absolute atomic E-state index is 0.182. The van der Waals surface area contributed by atoms with Crippen molar-refractivity contribution in [3.8, 4) is 0 Å². The molecule has 2 aliphatic rings. The molecule has 3 rings (SSSR count). The second kappa shape index (κ2) is 5.49. The lowest BCUT2D eigenvalue weighted by atomic mass is 9.96. The van der Waals surface area contributed by atoms with Gasteiger partial charge in [0.15, 0.2) is 5.82 Å². The molecule has 1 N–H and O–H groups in total. The number of hydrogen-bond donors (Lipinski definition) is 1. The molecule has 0 aliphatic carbocycles. The van der Waals surface area contributed by atoms with Gasteiger partial charge in [0, 0.05) is 24.2 Å². The molecule has 1 aromatic carbocycles. The summed E-state index contributed by atoms with van der Waals surface area (Å²) in [6, 6.07) is 3.23. The molecule has 0 amide bonds. The molecule has 2 bridgehead atoms. The van der Waals surface area contributed by atoms with E-state index < -0.39 is 11.6 Å². The summed E-state index contributed by atoms with van der Waals surface area (Å²) < 4.78 is 27.3. The highest BCUT2D eigenvalue weighted by molar-refractivity contribution is 6.33. The zero-order valence-corrected chi connectivity index (χ0v) is 12.3. The Bertz CT molecular complexity index is 472. The standard InChI is InChI=1S/C15H19ClF2N2/c1-2-19-10-7-11-3-4-12(8-10)20(11)15-13(16)5-9(17)6-14(15)18/h5-6,10-12,19H,2-4,7-8H2,1H3. The maximum absolute atomic E-state index is 14.1. The van der Waals surface area contributed by atoms with Gasteiger partial charge in [-0.15, -0.1) is 0 Å². The minimum Gasteiger partial charge on any atom is -0.362 e. The van der Waals surface area contributed by atoms with E-state index >= 15 is 0 Å². The third kappa shape index (κ3) is 2.40. The average Bonchev–Trinajstić information content (AvgIpc) is 2.62. The van der Waals surface area contributed by atoms with E-state index in [0.717, 1.165) is 38.3 Å². The molecule has 5 heteroatoms. The zero-order valence-electron chi connectivity index (χ0n) is 11.5. The summed E-state index contributed by atoms with van der Waals surface area (Å²) in [5.41, 5.74) is 0.385. The molecule has 2 aliphatic heterocycles. The number of piperidine rings is 1. The summed E-state index contributed by atoms with van der Waals surface area (Å²) in [5.74, 6) is -1.17. The van der Waals surface area contributed by atoms with Crippen molar-refractivity contribution in [2.45, 2.75) is 50.7 Å². The number of hydrogen-bond acceptors (Lipinski definition) is 2. The van der Waals surface area contributed by atoms with Crippen molar-refractivity contribution in [3.63, 3.8) is 0 Å². The van der Waals surface area contributed by atoms with Gasteiger partial charge in [0.1, 0.15) is 5.82 Å². The number of rotatable bonds is 3. The van der Waals surface area contributed by atoms with Gasteiger partial charge in [0.05, 0.1) is 10.7 Å². The Labute approximate surface area is 123 Å². The van der Waals surface area contributed by atoms with Crippen LogP contribution < -0.4 is 10.2 Å². The minimum atomic E-state index is -0.619. The maximum atomic E-state index is 14.1. The van der Waals surface area contributed by atoms with Crippen LogP contribution in [-0.2, 0) is 0 Å². The van der Waals surface area contributed by atoms with Gasteiger partial charge in [-0.1, -0.05) is 18.5 Å². The Morgan fingerprint density at radius 1 is 1.25 bits per heavy atom. The molecule has 2 unspecified atom stereocenters. The Kier molecular flexibility index (Phi) is 3.87. The highest BCUT2D eigenvalue weighted by Gasteiger charge is 2.42. The van der Waals surface area contributed by atoms with E-state index in [1.807, 2.05) is 0 Å². The van der Waals surface area contributed by atoms with Gasteiger partial charge in [-0.3, -0.25) is 0 Å². The summed E-state index contributed by atoms with van der Waals surface area (Å²) in [5, 5.41) is 3.66. The van der Waals surface area contributed by atoms with E-state index in [4.69, 9.17) is 11.6 Å². The summed E-state index contributed by atoms with van der Waals surface area (Å²) in [7, 11) is 0. The third-order valence-corrected chi connectivity index (χ3v) is 4.75. The van der Waals surface area contributed by atoms with E-state index in [-0.39, 0.29) is 5.02 Å². The fourth-order valence-electron chi connectivity index (χ4n) is 3.78. The lowest BCUT2D eigenvalue weighted by molar-refractivity contribution is 0.358. The first-order valence-electron chi connectivity index (χ1n) is 7.26. The van der Waals surface area contributed by atoms with Gasteiger partial charge in [-0.25, -0.2) is 8.78 Å². The second-order valence-corrected chi connectivity index (χ2v) is 6.14. The number of benzene rings is 1. The van der Waals surface area contributed by atoms with Crippen molar-refractivity contribution < 1.29 is 8.78 Å². The van der Waals surface area contributed by atoms with E-state index in [9.17, 15) is 8.78 Å². The number of anilines is 1. The van der Waals surface area contributed by atoms with Crippen LogP contribution in [-0.4, -0.2) is 24.7 Å². The molecule has 110 valence electrons. The Morgan fingerprint density at radius 3 is 2.45 bits per heavy atom. The first-order chi connectivity index (χ1) is 9.60. The predicted molar refractivity (Wildman–Crippen MR) is 77.4 cm³/mol. The van der Waals surface area contributed by atoms with E-state index in [1.54, 1.807) is 0 Å². The first-order valence-corrected chi connectivity index (χ1v) is 7.64. The van der Waals surface area contributed by atoms with Crippen LogP contribution >= 0.6 is 11.6 Å². The van der Waals surface area contributed by atoms with Crippen molar-refractivity contribution in [1.29, 1.82) is 0 Å². The van der Waals surface area contributed by atoms with E-state index in [0.29, 0.717) is 23.8 Å². The van der Waals surface area contributed by atoms with Crippen LogP contribution in [0.2, 0.25) is 5.02 Å². The summed E-state index contributed by atoms with van der Waals surface area (Å²) in [6.07, 6.45) is 4.11. The molecule has 1 aromatic rings. The SMILES string of the molecule is CCNC1CC2CCC(C1)N2c1c(F)cc(F)cc1Cl.